The summed E-state index contributed by atoms with van der Waals surface area (Å²) < 4.78 is 16.4. The summed E-state index contributed by atoms with van der Waals surface area (Å²) in [5.74, 6) is -0.691. The molecule has 2 fully saturated rings. The Bertz CT molecular complexity index is 896. The van der Waals surface area contributed by atoms with Gasteiger partial charge in [-0.2, -0.15) is 5.06 Å². The van der Waals surface area contributed by atoms with E-state index in [0.717, 1.165) is 5.56 Å². The van der Waals surface area contributed by atoms with Crippen molar-refractivity contribution in [1.29, 1.82) is 0 Å². The fraction of sp³-hybridized carbons (Fsp3) is 0.458. The van der Waals surface area contributed by atoms with Gasteiger partial charge in [0, 0.05) is 13.0 Å². The molecule has 32 heavy (non-hydrogen) atoms. The number of ether oxygens (including phenoxy) is 3. The summed E-state index contributed by atoms with van der Waals surface area (Å²) >= 11 is 0. The second-order valence-electron chi connectivity index (χ2n) is 8.19. The average Bonchev–Trinajstić information content (AvgIpc) is 3.21. The number of carbonyl (C=O) groups is 1. The first-order valence-corrected chi connectivity index (χ1v) is 10.7. The van der Waals surface area contributed by atoms with Crippen LogP contribution < -0.4 is 0 Å². The Balaban J connectivity index is 1.72. The second kappa shape index (κ2) is 9.66. The van der Waals surface area contributed by atoms with Gasteiger partial charge in [0.1, 0.15) is 18.3 Å². The molecule has 2 heterocycles. The zero-order valence-corrected chi connectivity index (χ0v) is 18.2. The van der Waals surface area contributed by atoms with Crippen LogP contribution >= 0.6 is 0 Å². The lowest BCUT2D eigenvalue weighted by atomic mass is 9.84. The molecule has 0 bridgehead atoms. The van der Waals surface area contributed by atoms with E-state index in [1.54, 1.807) is 36.3 Å². The predicted molar refractivity (Wildman–Crippen MR) is 114 cm³/mol. The summed E-state index contributed by atoms with van der Waals surface area (Å²) in [6, 6.07) is 17.9. The van der Waals surface area contributed by atoms with Crippen molar-refractivity contribution in [2.45, 2.75) is 56.1 Å². The lowest BCUT2D eigenvalue weighted by Crippen LogP contribution is -2.53. The van der Waals surface area contributed by atoms with E-state index in [-0.39, 0.29) is 13.0 Å². The Hall–Kier alpha value is -2.33. The number of aliphatic hydroxyl groups is 2. The molecule has 2 aromatic carbocycles. The summed E-state index contributed by atoms with van der Waals surface area (Å²) in [5.41, 5.74) is -0.220. The average molecular weight is 443 g/mol. The van der Waals surface area contributed by atoms with Gasteiger partial charge in [-0.05, 0) is 18.1 Å². The standard InChI is InChI=1S/C24H29NO7/c1-16-30-15-20(26)21(31-16)19-13-24(23(28)29-2,22(27)18-11-7-4-8-12-18)32-25(19)14-17-9-5-3-6-10-17/h3-12,16,19-22,26-27H,13-15H2,1-2H3/t16-,19+,20-,21+,22-,24-/m1/s1. The highest BCUT2D eigenvalue weighted by molar-refractivity contribution is 5.81. The number of rotatable bonds is 6. The Kier molecular flexibility index (Phi) is 6.90. The largest absolute Gasteiger partial charge is 0.467 e. The molecule has 2 aliphatic heterocycles. The van der Waals surface area contributed by atoms with Crippen LogP contribution in [0.5, 0.6) is 0 Å². The molecule has 2 aliphatic rings. The molecule has 172 valence electrons. The van der Waals surface area contributed by atoms with E-state index in [1.807, 2.05) is 36.4 Å². The fourth-order valence-corrected chi connectivity index (χ4v) is 4.42. The van der Waals surface area contributed by atoms with Crippen LogP contribution in [-0.4, -0.2) is 65.1 Å². The SMILES string of the molecule is COC(=O)[C@]1([C@H](O)c2ccccc2)C[C@@H]([C@@H]2O[C@H](C)OC[C@H]2O)N(Cc2ccccc2)O1. The molecule has 0 unspecified atom stereocenters. The molecule has 4 rings (SSSR count). The first-order valence-electron chi connectivity index (χ1n) is 10.7. The Labute approximate surface area is 187 Å². The molecule has 0 saturated carbocycles. The molecule has 8 nitrogen and oxygen atoms in total. The first kappa shape index (κ1) is 22.8. The van der Waals surface area contributed by atoms with Gasteiger partial charge in [-0.25, -0.2) is 4.79 Å². The Morgan fingerprint density at radius 3 is 2.50 bits per heavy atom. The molecule has 6 atom stereocenters. The zero-order chi connectivity index (χ0) is 22.7. The van der Waals surface area contributed by atoms with E-state index in [9.17, 15) is 15.0 Å². The van der Waals surface area contributed by atoms with E-state index in [0.29, 0.717) is 12.1 Å². The number of hydroxylamine groups is 2. The highest BCUT2D eigenvalue weighted by atomic mass is 16.7. The highest BCUT2D eigenvalue weighted by Crippen LogP contribution is 2.44. The van der Waals surface area contributed by atoms with Crippen molar-refractivity contribution in [2.24, 2.45) is 0 Å². The van der Waals surface area contributed by atoms with Crippen molar-refractivity contribution in [3.63, 3.8) is 0 Å². The van der Waals surface area contributed by atoms with Gasteiger partial charge in [0.25, 0.3) is 0 Å². The minimum Gasteiger partial charge on any atom is -0.467 e. The lowest BCUT2D eigenvalue weighted by Gasteiger charge is -2.38. The van der Waals surface area contributed by atoms with Gasteiger partial charge in [-0.15, -0.1) is 0 Å². The third kappa shape index (κ3) is 4.43. The topological polar surface area (TPSA) is 97.7 Å². The molecule has 8 heteroatoms. The quantitative estimate of drug-likeness (QED) is 0.654. The zero-order valence-electron chi connectivity index (χ0n) is 18.2. The summed E-state index contributed by atoms with van der Waals surface area (Å²) in [5, 5.41) is 23.6. The van der Waals surface area contributed by atoms with E-state index >= 15 is 0 Å². The highest BCUT2D eigenvalue weighted by Gasteiger charge is 2.60. The number of benzene rings is 2. The minimum absolute atomic E-state index is 0.0665. The van der Waals surface area contributed by atoms with Crippen molar-refractivity contribution in [1.82, 2.24) is 5.06 Å². The van der Waals surface area contributed by atoms with Crippen LogP contribution in [0.25, 0.3) is 0 Å². The van der Waals surface area contributed by atoms with Crippen molar-refractivity contribution in [2.75, 3.05) is 13.7 Å². The Morgan fingerprint density at radius 2 is 1.84 bits per heavy atom. The second-order valence-corrected chi connectivity index (χ2v) is 8.19. The van der Waals surface area contributed by atoms with Gasteiger partial charge >= 0.3 is 5.97 Å². The van der Waals surface area contributed by atoms with Crippen molar-refractivity contribution in [3.8, 4) is 0 Å². The Morgan fingerprint density at radius 1 is 1.19 bits per heavy atom. The monoisotopic (exact) mass is 443 g/mol. The molecular weight excluding hydrogens is 414 g/mol. The smallest absolute Gasteiger partial charge is 0.343 e. The normalized spacial score (nSPS) is 31.9. The molecular formula is C24H29NO7. The maximum absolute atomic E-state index is 13.1. The fourth-order valence-electron chi connectivity index (χ4n) is 4.42. The number of nitrogens with zero attached hydrogens (tertiary/aromatic N) is 1. The molecule has 0 radical (unpaired) electrons. The number of hydrogen-bond donors (Lipinski definition) is 2. The van der Waals surface area contributed by atoms with Crippen LogP contribution in [-0.2, 0) is 30.4 Å². The summed E-state index contributed by atoms with van der Waals surface area (Å²) in [7, 11) is 1.27. The van der Waals surface area contributed by atoms with Crippen LogP contribution in [0.2, 0.25) is 0 Å². The number of hydrogen-bond acceptors (Lipinski definition) is 8. The summed E-state index contributed by atoms with van der Waals surface area (Å²) in [6.45, 7) is 2.18. The molecule has 0 amide bonds. The first-order chi connectivity index (χ1) is 15.4. The minimum atomic E-state index is -1.69. The maximum atomic E-state index is 13.1. The van der Waals surface area contributed by atoms with Gasteiger partial charge in [-0.3, -0.25) is 4.84 Å². The van der Waals surface area contributed by atoms with E-state index < -0.39 is 42.2 Å². The molecule has 0 aromatic heterocycles. The van der Waals surface area contributed by atoms with Crippen molar-refractivity contribution >= 4 is 5.97 Å². The van der Waals surface area contributed by atoms with Gasteiger partial charge in [0.15, 0.2) is 6.29 Å². The molecule has 0 aliphatic carbocycles. The summed E-state index contributed by atoms with van der Waals surface area (Å²) in [6.07, 6.45) is -3.34. The third-order valence-electron chi connectivity index (χ3n) is 6.04. The van der Waals surface area contributed by atoms with Crippen molar-refractivity contribution in [3.05, 3.63) is 71.8 Å². The van der Waals surface area contributed by atoms with Gasteiger partial charge in [-0.1, -0.05) is 60.7 Å². The van der Waals surface area contributed by atoms with Crippen LogP contribution in [0.15, 0.2) is 60.7 Å². The number of methoxy groups -OCH3 is 1. The summed E-state index contributed by atoms with van der Waals surface area (Å²) in [4.78, 5) is 19.3. The van der Waals surface area contributed by atoms with E-state index in [1.165, 1.54) is 7.11 Å². The van der Waals surface area contributed by atoms with Gasteiger partial charge in [0.05, 0.1) is 19.8 Å². The third-order valence-corrected chi connectivity index (χ3v) is 6.04. The van der Waals surface area contributed by atoms with E-state index in [4.69, 9.17) is 19.0 Å². The molecule has 2 saturated heterocycles. The number of carbonyl (C=O) groups excluding carboxylic acids is 1. The van der Waals surface area contributed by atoms with Crippen LogP contribution in [0, 0.1) is 0 Å². The molecule has 2 N–H and O–H groups in total. The maximum Gasteiger partial charge on any atom is 0.343 e. The molecule has 0 spiro atoms. The van der Waals surface area contributed by atoms with Gasteiger partial charge < -0.3 is 24.4 Å². The number of esters is 1. The number of aliphatic hydroxyl groups excluding tert-OH is 2. The predicted octanol–water partition coefficient (Wildman–Crippen LogP) is 1.96. The van der Waals surface area contributed by atoms with Gasteiger partial charge in [0.2, 0.25) is 5.60 Å². The van der Waals surface area contributed by atoms with Crippen LogP contribution in [0.4, 0.5) is 0 Å². The van der Waals surface area contributed by atoms with Crippen LogP contribution in [0.3, 0.4) is 0 Å². The van der Waals surface area contributed by atoms with Crippen LogP contribution in [0.1, 0.15) is 30.6 Å². The van der Waals surface area contributed by atoms with E-state index in [2.05, 4.69) is 0 Å². The van der Waals surface area contributed by atoms with Crippen molar-refractivity contribution < 1.29 is 34.1 Å². The lowest BCUT2D eigenvalue weighted by molar-refractivity contribution is -0.285. The molecule has 2 aromatic rings.